The summed E-state index contributed by atoms with van der Waals surface area (Å²) in [5, 5.41) is 4.51. The Hall–Kier alpha value is -2.89. The fourth-order valence-corrected chi connectivity index (χ4v) is 4.11. The van der Waals surface area contributed by atoms with E-state index < -0.39 is 0 Å². The van der Waals surface area contributed by atoms with Gasteiger partial charge in [0.15, 0.2) is 0 Å². The quantitative estimate of drug-likeness (QED) is 0.696. The number of imidazole rings is 1. The van der Waals surface area contributed by atoms with Crippen LogP contribution in [0.3, 0.4) is 0 Å². The minimum Gasteiger partial charge on any atom is -0.339 e. The van der Waals surface area contributed by atoms with Crippen LogP contribution < -0.4 is 0 Å². The summed E-state index contributed by atoms with van der Waals surface area (Å²) in [6.45, 7) is 8.65. The molecule has 0 aliphatic carbocycles. The zero-order chi connectivity index (χ0) is 19.7. The van der Waals surface area contributed by atoms with Crippen LogP contribution in [-0.2, 0) is 6.54 Å². The van der Waals surface area contributed by atoms with Crippen LogP contribution in [0.15, 0.2) is 42.7 Å². The Kier molecular flexibility index (Phi) is 5.03. The monoisotopic (exact) mass is 377 g/mol. The number of rotatable bonds is 4. The van der Waals surface area contributed by atoms with Crippen molar-refractivity contribution in [3.05, 3.63) is 65.5 Å². The van der Waals surface area contributed by atoms with Crippen molar-refractivity contribution in [2.45, 2.75) is 46.1 Å². The van der Waals surface area contributed by atoms with E-state index in [4.69, 9.17) is 0 Å². The van der Waals surface area contributed by atoms with E-state index in [1.54, 1.807) is 0 Å². The standard InChI is InChI=1S/C22H27N5O/c1-4-25-14-11-23-21(25)18-9-12-26(13-10-18)22(28)19-5-7-20(8-6-19)27-17(3)15-16(2)24-27/h5-8,11,14-15,18H,4,9-10,12-13H2,1-3H3. The van der Waals surface area contributed by atoms with Crippen molar-refractivity contribution in [1.82, 2.24) is 24.2 Å². The molecule has 4 rings (SSSR count). The van der Waals surface area contributed by atoms with Gasteiger partial charge in [0.25, 0.3) is 5.91 Å². The van der Waals surface area contributed by atoms with Gasteiger partial charge in [0, 0.05) is 49.2 Å². The van der Waals surface area contributed by atoms with Crippen LogP contribution in [0.2, 0.25) is 0 Å². The molecular weight excluding hydrogens is 350 g/mol. The Morgan fingerprint density at radius 2 is 1.86 bits per heavy atom. The molecule has 0 unspecified atom stereocenters. The van der Waals surface area contributed by atoms with E-state index >= 15 is 0 Å². The van der Waals surface area contributed by atoms with Crippen molar-refractivity contribution in [3.63, 3.8) is 0 Å². The highest BCUT2D eigenvalue weighted by molar-refractivity contribution is 5.94. The highest BCUT2D eigenvalue weighted by Crippen LogP contribution is 2.27. The second kappa shape index (κ2) is 7.62. The lowest BCUT2D eigenvalue weighted by atomic mass is 9.95. The number of likely N-dealkylation sites (tertiary alicyclic amines) is 1. The molecule has 1 aromatic carbocycles. The van der Waals surface area contributed by atoms with Gasteiger partial charge >= 0.3 is 0 Å². The molecule has 6 heteroatoms. The Labute approximate surface area is 165 Å². The van der Waals surface area contributed by atoms with E-state index in [-0.39, 0.29) is 5.91 Å². The topological polar surface area (TPSA) is 56.0 Å². The zero-order valence-corrected chi connectivity index (χ0v) is 16.8. The number of carbonyl (C=O) groups excluding carboxylic acids is 1. The van der Waals surface area contributed by atoms with Gasteiger partial charge in [0.2, 0.25) is 0 Å². The fraction of sp³-hybridized carbons (Fsp3) is 0.409. The van der Waals surface area contributed by atoms with E-state index in [1.165, 1.54) is 0 Å². The third-order valence-electron chi connectivity index (χ3n) is 5.60. The molecule has 3 aromatic rings. The number of carbonyl (C=O) groups is 1. The Balaban J connectivity index is 1.42. The van der Waals surface area contributed by atoms with Gasteiger partial charge in [-0.05, 0) is 63.9 Å². The Morgan fingerprint density at radius 1 is 1.14 bits per heavy atom. The van der Waals surface area contributed by atoms with Crippen molar-refractivity contribution < 1.29 is 4.79 Å². The number of hydrogen-bond donors (Lipinski definition) is 0. The maximum absolute atomic E-state index is 12.9. The summed E-state index contributed by atoms with van der Waals surface area (Å²) in [5.74, 6) is 1.70. The number of nitrogens with zero attached hydrogens (tertiary/aromatic N) is 5. The second-order valence-corrected chi connectivity index (χ2v) is 7.52. The van der Waals surface area contributed by atoms with E-state index in [2.05, 4.69) is 21.6 Å². The summed E-state index contributed by atoms with van der Waals surface area (Å²) in [4.78, 5) is 19.4. The molecule has 0 bridgehead atoms. The molecule has 0 spiro atoms. The first-order chi connectivity index (χ1) is 13.6. The molecule has 1 saturated heterocycles. The van der Waals surface area contributed by atoms with Gasteiger partial charge in [-0.25, -0.2) is 9.67 Å². The molecule has 2 aromatic heterocycles. The summed E-state index contributed by atoms with van der Waals surface area (Å²) in [6.07, 6.45) is 5.84. The lowest BCUT2D eigenvalue weighted by Gasteiger charge is -2.32. The number of aryl methyl sites for hydroxylation is 3. The van der Waals surface area contributed by atoms with Crippen molar-refractivity contribution in [2.75, 3.05) is 13.1 Å². The van der Waals surface area contributed by atoms with Crippen LogP contribution in [0, 0.1) is 13.8 Å². The zero-order valence-electron chi connectivity index (χ0n) is 16.8. The number of aromatic nitrogens is 4. The number of amides is 1. The molecular formula is C22H27N5O. The first kappa shape index (κ1) is 18.5. The molecule has 0 saturated carbocycles. The predicted octanol–water partition coefficient (Wildman–Crippen LogP) is 3.73. The summed E-state index contributed by atoms with van der Waals surface area (Å²) in [6, 6.07) is 9.80. The third kappa shape index (κ3) is 3.46. The number of benzene rings is 1. The molecule has 1 aliphatic rings. The van der Waals surface area contributed by atoms with E-state index in [9.17, 15) is 4.79 Å². The van der Waals surface area contributed by atoms with Crippen molar-refractivity contribution in [2.24, 2.45) is 0 Å². The van der Waals surface area contributed by atoms with Crippen LogP contribution in [0.1, 0.15) is 53.3 Å². The Bertz CT molecular complexity index is 961. The van der Waals surface area contributed by atoms with Crippen molar-refractivity contribution >= 4 is 5.91 Å². The van der Waals surface area contributed by atoms with Crippen molar-refractivity contribution in [1.29, 1.82) is 0 Å². The van der Waals surface area contributed by atoms with Crippen LogP contribution in [0.5, 0.6) is 0 Å². The minimum atomic E-state index is 0.109. The fourth-order valence-electron chi connectivity index (χ4n) is 4.11. The lowest BCUT2D eigenvalue weighted by molar-refractivity contribution is 0.0710. The number of hydrogen-bond acceptors (Lipinski definition) is 3. The maximum Gasteiger partial charge on any atom is 0.253 e. The molecule has 1 aliphatic heterocycles. The SMILES string of the molecule is CCn1ccnc1C1CCN(C(=O)c2ccc(-n3nc(C)cc3C)cc2)CC1. The smallest absolute Gasteiger partial charge is 0.253 e. The summed E-state index contributed by atoms with van der Waals surface area (Å²) < 4.78 is 4.12. The first-order valence-corrected chi connectivity index (χ1v) is 10.0. The van der Waals surface area contributed by atoms with Gasteiger partial charge in [-0.2, -0.15) is 5.10 Å². The lowest BCUT2D eigenvalue weighted by Crippen LogP contribution is -2.38. The third-order valence-corrected chi connectivity index (χ3v) is 5.60. The van der Waals surface area contributed by atoms with Gasteiger partial charge in [-0.3, -0.25) is 4.79 Å². The first-order valence-electron chi connectivity index (χ1n) is 10.0. The molecule has 3 heterocycles. The normalized spacial score (nSPS) is 15.2. The van der Waals surface area contributed by atoms with Gasteiger partial charge in [-0.15, -0.1) is 0 Å². The van der Waals surface area contributed by atoms with Crippen LogP contribution in [-0.4, -0.2) is 43.2 Å². The molecule has 28 heavy (non-hydrogen) atoms. The molecule has 6 nitrogen and oxygen atoms in total. The largest absolute Gasteiger partial charge is 0.339 e. The maximum atomic E-state index is 12.9. The molecule has 146 valence electrons. The van der Waals surface area contributed by atoms with Crippen molar-refractivity contribution in [3.8, 4) is 5.69 Å². The van der Waals surface area contributed by atoms with E-state index in [0.717, 1.165) is 60.9 Å². The molecule has 1 amide bonds. The van der Waals surface area contributed by atoms with Gasteiger partial charge in [0.1, 0.15) is 5.82 Å². The summed E-state index contributed by atoms with van der Waals surface area (Å²) >= 11 is 0. The molecule has 0 radical (unpaired) electrons. The predicted molar refractivity (Wildman–Crippen MR) is 109 cm³/mol. The average Bonchev–Trinajstić information content (AvgIpc) is 3.33. The van der Waals surface area contributed by atoms with Crippen LogP contribution in [0.25, 0.3) is 5.69 Å². The highest BCUT2D eigenvalue weighted by Gasteiger charge is 2.26. The molecule has 0 atom stereocenters. The Morgan fingerprint density at radius 3 is 2.46 bits per heavy atom. The minimum absolute atomic E-state index is 0.109. The molecule has 0 N–H and O–H groups in total. The van der Waals surface area contributed by atoms with Gasteiger partial charge in [0.05, 0.1) is 11.4 Å². The van der Waals surface area contributed by atoms with Crippen LogP contribution >= 0.6 is 0 Å². The average molecular weight is 377 g/mol. The second-order valence-electron chi connectivity index (χ2n) is 7.52. The van der Waals surface area contributed by atoms with Gasteiger partial charge in [-0.1, -0.05) is 0 Å². The van der Waals surface area contributed by atoms with E-state index in [0.29, 0.717) is 5.92 Å². The van der Waals surface area contributed by atoms with E-state index in [1.807, 2.05) is 66.2 Å². The highest BCUT2D eigenvalue weighted by atomic mass is 16.2. The summed E-state index contributed by atoms with van der Waals surface area (Å²) in [7, 11) is 0. The molecule has 1 fully saturated rings. The van der Waals surface area contributed by atoms with Gasteiger partial charge < -0.3 is 9.47 Å². The van der Waals surface area contributed by atoms with Crippen LogP contribution in [0.4, 0.5) is 0 Å². The summed E-state index contributed by atoms with van der Waals surface area (Å²) in [5.41, 5.74) is 3.79. The number of piperidine rings is 1.